The molecule has 1 aromatic heterocycles. The van der Waals surface area contributed by atoms with Crippen molar-refractivity contribution in [2.75, 3.05) is 6.61 Å². The molecule has 1 heterocycles. The van der Waals surface area contributed by atoms with E-state index >= 15 is 0 Å². The Bertz CT molecular complexity index is 1150. The second-order valence-electron chi connectivity index (χ2n) is 7.01. The minimum absolute atomic E-state index is 0.0169. The van der Waals surface area contributed by atoms with Crippen molar-refractivity contribution in [1.82, 2.24) is 15.3 Å². The fourth-order valence-corrected chi connectivity index (χ4v) is 2.98. The summed E-state index contributed by atoms with van der Waals surface area (Å²) in [5.74, 6) is -0.742. The molecular weight excluding hydrogens is 426 g/mol. The summed E-state index contributed by atoms with van der Waals surface area (Å²) in [7, 11) is 0. The van der Waals surface area contributed by atoms with Gasteiger partial charge in [-0.15, -0.1) is 0 Å². The number of aliphatic imine (C=N–C) groups is 1. The van der Waals surface area contributed by atoms with E-state index in [-0.39, 0.29) is 31.1 Å². The third-order valence-electron chi connectivity index (χ3n) is 4.68. The van der Waals surface area contributed by atoms with E-state index in [1.165, 1.54) is 12.4 Å². The maximum atomic E-state index is 12.6. The summed E-state index contributed by atoms with van der Waals surface area (Å²) in [6, 6.07) is 11.9. The van der Waals surface area contributed by atoms with Gasteiger partial charge in [-0.3, -0.25) is 14.4 Å². The first-order valence-electron chi connectivity index (χ1n) is 9.97. The molecule has 3 rings (SSSR count). The molecule has 0 saturated carbocycles. The molecule has 2 amide bonds. The number of aromatic amines is 1. The van der Waals surface area contributed by atoms with Crippen LogP contribution in [0.2, 0.25) is 0 Å². The van der Waals surface area contributed by atoms with Gasteiger partial charge >= 0.3 is 0 Å². The zero-order valence-corrected chi connectivity index (χ0v) is 17.5. The minimum Gasteiger partial charge on any atom is -0.493 e. The summed E-state index contributed by atoms with van der Waals surface area (Å²) in [6.07, 6.45) is 4.70. The fraction of sp³-hybridized carbons (Fsp3) is 0.174. The van der Waals surface area contributed by atoms with Gasteiger partial charge in [0, 0.05) is 29.4 Å². The van der Waals surface area contributed by atoms with Crippen molar-refractivity contribution in [3.63, 3.8) is 0 Å². The maximum absolute atomic E-state index is 12.6. The Morgan fingerprint density at radius 3 is 2.33 bits per heavy atom. The number of nitrogens with zero attached hydrogens (tertiary/aromatic N) is 2. The number of amides is 2. The zero-order valence-electron chi connectivity index (χ0n) is 17.5. The van der Waals surface area contributed by atoms with Crippen LogP contribution in [-0.2, 0) is 20.8 Å². The normalized spacial score (nSPS) is 11.2. The quantitative estimate of drug-likeness (QED) is 0.230. The lowest BCUT2D eigenvalue weighted by atomic mass is 10.0. The lowest BCUT2D eigenvalue weighted by Gasteiger charge is -2.15. The first kappa shape index (κ1) is 23.1. The van der Waals surface area contributed by atoms with E-state index in [4.69, 9.17) is 10.5 Å². The van der Waals surface area contributed by atoms with Gasteiger partial charge in [0.05, 0.1) is 25.0 Å². The maximum Gasteiger partial charge on any atom is 0.240 e. The van der Waals surface area contributed by atoms with E-state index in [9.17, 15) is 19.2 Å². The number of carbonyl (C=O) groups is 3. The number of nitrogens with one attached hydrogen (secondary N) is 2. The molecule has 0 bridgehead atoms. The van der Waals surface area contributed by atoms with Crippen molar-refractivity contribution in [2.45, 2.75) is 18.9 Å². The third-order valence-corrected chi connectivity index (χ3v) is 4.68. The van der Waals surface area contributed by atoms with Crippen LogP contribution in [0.25, 0.3) is 0 Å². The Balaban J connectivity index is 1.48. The number of imidazole rings is 1. The summed E-state index contributed by atoms with van der Waals surface area (Å²) in [5.41, 5.74) is 7.35. The summed E-state index contributed by atoms with van der Waals surface area (Å²) < 4.78 is 5.55. The number of rotatable bonds is 11. The average molecular weight is 447 g/mol. The number of aromatic nitrogens is 2. The van der Waals surface area contributed by atoms with Gasteiger partial charge in [0.25, 0.3) is 0 Å². The topological polar surface area (TPSA) is 157 Å². The fourth-order valence-electron chi connectivity index (χ4n) is 2.98. The van der Waals surface area contributed by atoms with Crippen LogP contribution in [0.1, 0.15) is 28.0 Å². The number of primary amides is 1. The van der Waals surface area contributed by atoms with E-state index in [0.717, 1.165) is 0 Å². The van der Waals surface area contributed by atoms with Crippen LogP contribution < -0.4 is 15.8 Å². The molecule has 0 aliphatic heterocycles. The van der Waals surface area contributed by atoms with Crippen LogP contribution in [0.5, 0.6) is 5.75 Å². The molecule has 0 fully saturated rings. The van der Waals surface area contributed by atoms with E-state index in [1.54, 1.807) is 54.7 Å². The lowest BCUT2D eigenvalue weighted by molar-refractivity contribution is -0.127. The molecule has 4 N–H and O–H groups in total. The standard InChI is InChI=1S/C23H21N5O5/c24-23(32)20(11-18-12-25-13-26-18)28-21(30)9-10-33-19-7-3-16(4-8-19)22(31)15-1-5-17(6-2-15)27-14-29/h1-8,12-13,20H,9-11H2,(H2,24,32)(H,25,26)(H,28,30). The van der Waals surface area contributed by atoms with Gasteiger partial charge in [0.2, 0.25) is 17.9 Å². The first-order valence-corrected chi connectivity index (χ1v) is 9.97. The van der Waals surface area contributed by atoms with Gasteiger partial charge in [-0.05, 0) is 48.5 Å². The number of nitrogens with two attached hydrogens (primary N) is 1. The van der Waals surface area contributed by atoms with Crippen LogP contribution in [0.3, 0.4) is 0 Å². The van der Waals surface area contributed by atoms with Gasteiger partial charge in [0.1, 0.15) is 11.8 Å². The number of carbonyl (C=O) groups excluding carboxylic acids is 4. The van der Waals surface area contributed by atoms with Gasteiger partial charge in [-0.2, -0.15) is 4.99 Å². The van der Waals surface area contributed by atoms with E-state index in [2.05, 4.69) is 20.3 Å². The predicted molar refractivity (Wildman–Crippen MR) is 118 cm³/mol. The molecule has 10 heteroatoms. The molecule has 0 aliphatic rings. The van der Waals surface area contributed by atoms with Gasteiger partial charge in [0.15, 0.2) is 5.78 Å². The Morgan fingerprint density at radius 2 is 1.76 bits per heavy atom. The number of isocyanates is 1. The van der Waals surface area contributed by atoms with Crippen molar-refractivity contribution in [1.29, 1.82) is 0 Å². The summed E-state index contributed by atoms with van der Waals surface area (Å²) in [6.45, 7) is 0.0768. The number of ketones is 1. The second kappa shape index (κ2) is 11.2. The Labute approximate surface area is 188 Å². The molecule has 2 aromatic carbocycles. The molecular formula is C23H21N5O5. The second-order valence-corrected chi connectivity index (χ2v) is 7.01. The molecule has 168 valence electrons. The highest BCUT2D eigenvalue weighted by Gasteiger charge is 2.19. The van der Waals surface area contributed by atoms with E-state index in [1.807, 2.05) is 0 Å². The van der Waals surface area contributed by atoms with Gasteiger partial charge in [-0.25, -0.2) is 9.78 Å². The zero-order chi connectivity index (χ0) is 23.6. The number of H-pyrrole nitrogens is 1. The van der Waals surface area contributed by atoms with Crippen LogP contribution in [0.15, 0.2) is 66.0 Å². The summed E-state index contributed by atoms with van der Waals surface area (Å²) in [4.78, 5) is 56.8. The third kappa shape index (κ3) is 6.71. The van der Waals surface area contributed by atoms with Crippen LogP contribution in [0, 0.1) is 0 Å². The molecule has 0 radical (unpaired) electrons. The van der Waals surface area contributed by atoms with Crippen molar-refractivity contribution in [2.24, 2.45) is 10.7 Å². The molecule has 1 unspecified atom stereocenters. The van der Waals surface area contributed by atoms with E-state index < -0.39 is 11.9 Å². The molecule has 3 aromatic rings. The smallest absolute Gasteiger partial charge is 0.240 e. The number of hydrogen-bond donors (Lipinski definition) is 3. The highest BCUT2D eigenvalue weighted by Crippen LogP contribution is 2.18. The van der Waals surface area contributed by atoms with Crippen LogP contribution >= 0.6 is 0 Å². The lowest BCUT2D eigenvalue weighted by Crippen LogP contribution is -2.46. The summed E-state index contributed by atoms with van der Waals surface area (Å²) >= 11 is 0. The number of hydrogen-bond acceptors (Lipinski definition) is 7. The number of ether oxygens (including phenoxy) is 1. The monoisotopic (exact) mass is 447 g/mol. The van der Waals surface area contributed by atoms with E-state index in [0.29, 0.717) is 28.3 Å². The highest BCUT2D eigenvalue weighted by atomic mass is 16.5. The van der Waals surface area contributed by atoms with Crippen LogP contribution in [-0.4, -0.2) is 46.3 Å². The van der Waals surface area contributed by atoms with Crippen molar-refractivity contribution >= 4 is 29.4 Å². The molecule has 10 nitrogen and oxygen atoms in total. The average Bonchev–Trinajstić information content (AvgIpc) is 3.32. The molecule has 1 atom stereocenters. The first-order chi connectivity index (χ1) is 16.0. The van der Waals surface area contributed by atoms with Crippen LogP contribution in [0.4, 0.5) is 5.69 Å². The highest BCUT2D eigenvalue weighted by molar-refractivity contribution is 6.09. The van der Waals surface area contributed by atoms with Crippen molar-refractivity contribution in [3.8, 4) is 5.75 Å². The minimum atomic E-state index is -0.859. The molecule has 33 heavy (non-hydrogen) atoms. The Hall–Kier alpha value is -4.56. The SMILES string of the molecule is NC(=O)C(Cc1cnc[nH]1)NC(=O)CCOc1ccc(C(=O)c2ccc(N=C=O)cc2)cc1. The largest absolute Gasteiger partial charge is 0.493 e. The number of benzene rings is 2. The summed E-state index contributed by atoms with van der Waals surface area (Å²) in [5, 5.41) is 2.58. The molecule has 0 saturated heterocycles. The predicted octanol–water partition coefficient (Wildman–Crippen LogP) is 1.59. The Kier molecular flexibility index (Phi) is 7.82. The van der Waals surface area contributed by atoms with Gasteiger partial charge in [-0.1, -0.05) is 0 Å². The molecule has 0 spiro atoms. The Morgan fingerprint density at radius 1 is 1.09 bits per heavy atom. The van der Waals surface area contributed by atoms with Crippen molar-refractivity contribution < 1.29 is 23.9 Å². The van der Waals surface area contributed by atoms with Crippen molar-refractivity contribution in [3.05, 3.63) is 77.9 Å². The van der Waals surface area contributed by atoms with Gasteiger partial charge < -0.3 is 20.8 Å². The molecule has 0 aliphatic carbocycles.